The molecule has 19 heavy (non-hydrogen) atoms. The molecule has 0 atom stereocenters. The number of aryl methyl sites for hydroxylation is 1. The zero-order valence-corrected chi connectivity index (χ0v) is 12.0. The molecule has 0 aromatic carbocycles. The number of hydrogen-bond donors (Lipinski definition) is 2. The first-order valence-electron chi connectivity index (χ1n) is 5.58. The first-order valence-corrected chi connectivity index (χ1v) is 7.94. The van der Waals surface area contributed by atoms with E-state index in [9.17, 15) is 8.42 Å². The van der Waals surface area contributed by atoms with Crippen molar-refractivity contribution in [2.45, 2.75) is 24.9 Å². The fraction of sp³-hybridized carbons (Fsp3) is 0.273. The summed E-state index contributed by atoms with van der Waals surface area (Å²) in [6, 6.07) is 3.41. The molecule has 0 saturated carbocycles. The van der Waals surface area contributed by atoms with Crippen LogP contribution in [0.25, 0.3) is 0 Å². The monoisotopic (exact) mass is 298 g/mol. The number of nitrogens with one attached hydrogen (secondary N) is 1. The number of aromatic nitrogens is 2. The van der Waals surface area contributed by atoms with Crippen LogP contribution in [0.2, 0.25) is 0 Å². The Morgan fingerprint density at radius 2 is 2.26 bits per heavy atom. The maximum absolute atomic E-state index is 12.3. The zero-order chi connectivity index (χ0) is 13.9. The summed E-state index contributed by atoms with van der Waals surface area (Å²) in [7, 11) is -3.58. The van der Waals surface area contributed by atoms with Gasteiger partial charge in [0.2, 0.25) is 10.0 Å². The highest BCUT2D eigenvalue weighted by Gasteiger charge is 2.22. The van der Waals surface area contributed by atoms with Crippen molar-refractivity contribution in [3.05, 3.63) is 39.8 Å². The summed E-state index contributed by atoms with van der Waals surface area (Å²) in [5.41, 5.74) is 6.83. The van der Waals surface area contributed by atoms with Crippen LogP contribution < -0.4 is 10.5 Å². The van der Waals surface area contributed by atoms with Gasteiger partial charge >= 0.3 is 0 Å². The summed E-state index contributed by atoms with van der Waals surface area (Å²) in [6.45, 7) is 2.07. The first-order chi connectivity index (χ1) is 9.04. The van der Waals surface area contributed by atoms with Crippen LogP contribution >= 0.6 is 11.3 Å². The molecule has 0 bridgehead atoms. The van der Waals surface area contributed by atoms with Crippen LogP contribution in [0.5, 0.6) is 0 Å². The molecule has 0 saturated heterocycles. The quantitative estimate of drug-likeness (QED) is 0.850. The summed E-state index contributed by atoms with van der Waals surface area (Å²) in [5.74, 6) is 0. The molecule has 2 heterocycles. The van der Waals surface area contributed by atoms with Crippen LogP contribution in [0.15, 0.2) is 28.6 Å². The Hall–Kier alpha value is -1.35. The van der Waals surface area contributed by atoms with Crippen molar-refractivity contribution < 1.29 is 8.42 Å². The summed E-state index contributed by atoms with van der Waals surface area (Å²) < 4.78 is 27.0. The second-order valence-corrected chi connectivity index (χ2v) is 6.58. The molecular formula is C11H14N4O2S2. The van der Waals surface area contributed by atoms with Crippen LogP contribution in [-0.2, 0) is 23.1 Å². The van der Waals surface area contributed by atoms with E-state index in [0.717, 1.165) is 0 Å². The Morgan fingerprint density at radius 1 is 1.47 bits per heavy atom. The number of nitrogens with zero attached hydrogens (tertiary/aromatic N) is 2. The van der Waals surface area contributed by atoms with Gasteiger partial charge in [-0.05, 0) is 30.0 Å². The largest absolute Gasteiger partial charge is 0.326 e. The SMILES string of the molecule is Cc1csc(CN)c1S(=O)(=O)NCc1cccnn1. The maximum Gasteiger partial charge on any atom is 0.242 e. The van der Waals surface area contributed by atoms with Gasteiger partial charge in [0.05, 0.1) is 12.2 Å². The Balaban J connectivity index is 2.21. The van der Waals surface area contributed by atoms with Gasteiger partial charge in [-0.1, -0.05) is 0 Å². The molecule has 0 fully saturated rings. The van der Waals surface area contributed by atoms with E-state index in [4.69, 9.17) is 5.73 Å². The lowest BCUT2D eigenvalue weighted by Gasteiger charge is -2.07. The molecule has 2 aromatic heterocycles. The smallest absolute Gasteiger partial charge is 0.242 e. The van der Waals surface area contributed by atoms with Gasteiger partial charge in [-0.2, -0.15) is 10.2 Å². The van der Waals surface area contributed by atoms with Gasteiger partial charge in [0.25, 0.3) is 0 Å². The van der Waals surface area contributed by atoms with E-state index < -0.39 is 10.0 Å². The van der Waals surface area contributed by atoms with Crippen molar-refractivity contribution in [2.24, 2.45) is 5.73 Å². The zero-order valence-electron chi connectivity index (χ0n) is 10.3. The van der Waals surface area contributed by atoms with Crippen LogP contribution in [0.3, 0.4) is 0 Å². The number of sulfonamides is 1. The average Bonchev–Trinajstić information content (AvgIpc) is 2.80. The van der Waals surface area contributed by atoms with Crippen LogP contribution in [0.4, 0.5) is 0 Å². The highest BCUT2D eigenvalue weighted by molar-refractivity contribution is 7.89. The van der Waals surface area contributed by atoms with E-state index >= 15 is 0 Å². The third-order valence-electron chi connectivity index (χ3n) is 2.51. The van der Waals surface area contributed by atoms with E-state index in [1.807, 2.05) is 0 Å². The minimum absolute atomic E-state index is 0.107. The fourth-order valence-corrected chi connectivity index (χ4v) is 4.36. The van der Waals surface area contributed by atoms with Gasteiger partial charge in [0.15, 0.2) is 0 Å². The molecular weight excluding hydrogens is 284 g/mol. The third-order valence-corrected chi connectivity index (χ3v) is 5.40. The summed E-state index contributed by atoms with van der Waals surface area (Å²) >= 11 is 1.35. The van der Waals surface area contributed by atoms with Gasteiger partial charge in [-0.3, -0.25) is 0 Å². The summed E-state index contributed by atoms with van der Waals surface area (Å²) in [4.78, 5) is 0.938. The van der Waals surface area contributed by atoms with E-state index in [1.165, 1.54) is 17.5 Å². The lowest BCUT2D eigenvalue weighted by atomic mass is 10.3. The molecule has 6 nitrogen and oxygen atoms in total. The molecule has 0 aliphatic rings. The number of rotatable bonds is 5. The topological polar surface area (TPSA) is 98.0 Å². The molecule has 8 heteroatoms. The number of hydrogen-bond acceptors (Lipinski definition) is 6. The van der Waals surface area contributed by atoms with Crippen molar-refractivity contribution in [3.8, 4) is 0 Å². The molecule has 0 spiro atoms. The molecule has 102 valence electrons. The van der Waals surface area contributed by atoms with Crippen LogP contribution in [0, 0.1) is 6.92 Å². The van der Waals surface area contributed by atoms with E-state index in [0.29, 0.717) is 16.1 Å². The average molecular weight is 298 g/mol. The molecule has 0 radical (unpaired) electrons. The van der Waals surface area contributed by atoms with Crippen LogP contribution in [0.1, 0.15) is 16.1 Å². The fourth-order valence-electron chi connectivity index (χ4n) is 1.66. The van der Waals surface area contributed by atoms with E-state index in [-0.39, 0.29) is 18.0 Å². The second kappa shape index (κ2) is 5.74. The van der Waals surface area contributed by atoms with E-state index in [2.05, 4.69) is 14.9 Å². The Morgan fingerprint density at radius 3 is 2.89 bits per heavy atom. The minimum Gasteiger partial charge on any atom is -0.326 e. The van der Waals surface area contributed by atoms with Crippen molar-refractivity contribution >= 4 is 21.4 Å². The van der Waals surface area contributed by atoms with Gasteiger partial charge in [0.1, 0.15) is 4.90 Å². The minimum atomic E-state index is -3.58. The molecule has 0 unspecified atom stereocenters. The third kappa shape index (κ3) is 3.16. The Bertz CT molecular complexity index is 653. The predicted octanol–water partition coefficient (Wildman–Crippen LogP) is 0.784. The van der Waals surface area contributed by atoms with Gasteiger partial charge < -0.3 is 5.73 Å². The summed E-state index contributed by atoms with van der Waals surface area (Å²) in [5, 5.41) is 9.32. The molecule has 2 rings (SSSR count). The Kier molecular flexibility index (Phi) is 4.25. The van der Waals surface area contributed by atoms with Gasteiger partial charge in [-0.15, -0.1) is 11.3 Å². The second-order valence-electron chi connectivity index (χ2n) is 3.91. The lowest BCUT2D eigenvalue weighted by molar-refractivity contribution is 0.578. The molecule has 0 aliphatic carbocycles. The molecule has 2 aromatic rings. The summed E-state index contributed by atoms with van der Waals surface area (Å²) in [6.07, 6.45) is 1.54. The molecule has 3 N–H and O–H groups in total. The van der Waals surface area contributed by atoms with Gasteiger partial charge in [0, 0.05) is 17.6 Å². The lowest BCUT2D eigenvalue weighted by Crippen LogP contribution is -2.25. The van der Waals surface area contributed by atoms with E-state index in [1.54, 1.807) is 24.4 Å². The normalized spacial score (nSPS) is 11.7. The highest BCUT2D eigenvalue weighted by atomic mass is 32.2. The van der Waals surface area contributed by atoms with Crippen molar-refractivity contribution in [3.63, 3.8) is 0 Å². The van der Waals surface area contributed by atoms with Gasteiger partial charge in [-0.25, -0.2) is 13.1 Å². The highest BCUT2D eigenvalue weighted by Crippen LogP contribution is 2.26. The van der Waals surface area contributed by atoms with Crippen molar-refractivity contribution in [1.29, 1.82) is 0 Å². The van der Waals surface area contributed by atoms with Crippen molar-refractivity contribution in [1.82, 2.24) is 14.9 Å². The molecule has 0 aliphatic heterocycles. The predicted molar refractivity (Wildman–Crippen MR) is 73.0 cm³/mol. The molecule has 0 amide bonds. The van der Waals surface area contributed by atoms with Crippen LogP contribution in [-0.4, -0.2) is 18.6 Å². The first kappa shape index (κ1) is 14.1. The Labute approximate surface area is 115 Å². The van der Waals surface area contributed by atoms with Crippen molar-refractivity contribution in [2.75, 3.05) is 0 Å². The maximum atomic E-state index is 12.3. The number of nitrogens with two attached hydrogens (primary N) is 1. The standard InChI is InChI=1S/C11H14N4O2S2/c1-8-7-18-10(5-12)11(8)19(16,17)14-6-9-3-2-4-13-15-9/h2-4,7,14H,5-6,12H2,1H3. The number of thiophene rings is 1.